The van der Waals surface area contributed by atoms with Crippen molar-refractivity contribution in [3.05, 3.63) is 68.8 Å². The standard InChI is InChI=1S/C32H55N5O10.C25H24N2O7/c1-3-41-10-11-43-14-15-45-18-19-47-21-20-46-17-16-44-13-12-42-9-8-36-25-29(34-35-36)23-33-31(39)28-6-4-27(5-7-28)24-37-30(38)22-26(2)32(37)40;1-4-14-15-9-13(28)7-8-19(15)26-21-16(14)11-27-20(21)10-18-17(22(27)29)12-33-23(30)25(18,5-2)34-24(31)32-6-3/h25-28H,3-24H2,1-2H3,(H,33,39);7-10,28H,4-6,11-12H2,1-3H3/t;25-/m.0/s1. The van der Waals surface area contributed by atoms with Gasteiger partial charge in [-0.2, -0.15) is 0 Å². The van der Waals surface area contributed by atoms with E-state index >= 15 is 0 Å². The Hall–Kier alpha value is -6.41. The minimum Gasteiger partial charge on any atom is -0.508 e. The number of hydrogen-bond acceptors (Lipinski definition) is 20. The van der Waals surface area contributed by atoms with Crippen LogP contribution in [0.1, 0.15) is 101 Å². The van der Waals surface area contributed by atoms with E-state index in [9.17, 15) is 33.9 Å². The lowest BCUT2D eigenvalue weighted by Gasteiger charge is -2.35. The fourth-order valence-electron chi connectivity index (χ4n) is 10.4. The number of pyridine rings is 2. The second-order valence-corrected chi connectivity index (χ2v) is 20.1. The van der Waals surface area contributed by atoms with Crippen LogP contribution in [0.3, 0.4) is 0 Å². The number of imide groups is 1. The molecule has 24 nitrogen and oxygen atoms in total. The Labute approximate surface area is 471 Å². The molecule has 8 rings (SSSR count). The molecule has 1 saturated heterocycles. The number of cyclic esters (lactones) is 1. The lowest BCUT2D eigenvalue weighted by molar-refractivity contribution is -0.175. The topological polar surface area (TPSA) is 279 Å². The Morgan fingerprint density at radius 1 is 0.790 bits per heavy atom. The number of carbonyl (C=O) groups is 5. The lowest BCUT2D eigenvalue weighted by atomic mass is 9.81. The normalized spacial score (nSPS) is 19.2. The number of benzene rings is 1. The van der Waals surface area contributed by atoms with Gasteiger partial charge in [0.25, 0.3) is 5.56 Å². The molecular formula is C57H79N7O17. The largest absolute Gasteiger partial charge is 0.509 e. The predicted octanol–water partition coefficient (Wildman–Crippen LogP) is 4.76. The average molecular weight is 1130 g/mol. The number of ether oxygens (including phenoxy) is 10. The van der Waals surface area contributed by atoms with E-state index in [-0.39, 0.29) is 72.0 Å². The van der Waals surface area contributed by atoms with Crippen LogP contribution < -0.4 is 10.9 Å². The number of esters is 1. The molecule has 0 radical (unpaired) electrons. The Morgan fingerprint density at radius 2 is 1.42 bits per heavy atom. The maximum Gasteiger partial charge on any atom is 0.509 e. The van der Waals surface area contributed by atoms with Gasteiger partial charge in [-0.25, -0.2) is 19.3 Å². The molecule has 1 saturated carbocycles. The zero-order valence-electron chi connectivity index (χ0n) is 47.4. The summed E-state index contributed by atoms with van der Waals surface area (Å²) in [6, 6.07) is 6.70. The maximum absolute atomic E-state index is 13.6. The van der Waals surface area contributed by atoms with Crippen LogP contribution >= 0.6 is 0 Å². The third-order valence-electron chi connectivity index (χ3n) is 14.7. The van der Waals surface area contributed by atoms with Crippen LogP contribution in [0.15, 0.2) is 35.3 Å². The number of amides is 3. The van der Waals surface area contributed by atoms with Gasteiger partial charge in [-0.1, -0.05) is 26.0 Å². The van der Waals surface area contributed by atoms with Crippen molar-refractivity contribution in [1.29, 1.82) is 0 Å². The first kappa shape index (κ1) is 62.2. The van der Waals surface area contributed by atoms with Crippen LogP contribution in [-0.4, -0.2) is 170 Å². The third-order valence-corrected chi connectivity index (χ3v) is 14.7. The maximum atomic E-state index is 13.6. The van der Waals surface area contributed by atoms with E-state index in [1.807, 2.05) is 13.8 Å². The molecule has 1 unspecified atom stereocenters. The zero-order valence-corrected chi connectivity index (χ0v) is 47.4. The minimum absolute atomic E-state index is 0.00903. The molecule has 2 N–H and O–H groups in total. The van der Waals surface area contributed by atoms with Crippen molar-refractivity contribution < 1.29 is 76.4 Å². The number of aromatic nitrogens is 5. The van der Waals surface area contributed by atoms with E-state index in [4.69, 9.17) is 52.4 Å². The van der Waals surface area contributed by atoms with Gasteiger partial charge >= 0.3 is 12.1 Å². The first-order valence-electron chi connectivity index (χ1n) is 28.3. The highest BCUT2D eigenvalue weighted by molar-refractivity contribution is 6.03. The van der Waals surface area contributed by atoms with Gasteiger partial charge in [0.2, 0.25) is 23.3 Å². The Morgan fingerprint density at radius 3 is 2.00 bits per heavy atom. The van der Waals surface area contributed by atoms with E-state index in [0.717, 1.165) is 42.2 Å². The molecule has 0 bridgehead atoms. The summed E-state index contributed by atoms with van der Waals surface area (Å²) in [5.74, 6) is -0.739. The summed E-state index contributed by atoms with van der Waals surface area (Å²) < 4.78 is 57.1. The molecule has 2 fully saturated rings. The van der Waals surface area contributed by atoms with Gasteiger partial charge in [0, 0.05) is 47.9 Å². The molecule has 444 valence electrons. The second kappa shape index (κ2) is 31.1. The predicted molar refractivity (Wildman–Crippen MR) is 291 cm³/mol. The summed E-state index contributed by atoms with van der Waals surface area (Å²) in [6.07, 6.45) is 5.02. The van der Waals surface area contributed by atoms with Gasteiger partial charge in [-0.05, 0) is 88.1 Å². The number of phenols is 1. The highest BCUT2D eigenvalue weighted by Crippen LogP contribution is 2.42. The number of rotatable bonds is 31. The fourth-order valence-corrected chi connectivity index (χ4v) is 10.4. The quantitative estimate of drug-likeness (QED) is 0.0344. The number of hydrogen-bond donors (Lipinski definition) is 2. The van der Waals surface area contributed by atoms with Crippen LogP contribution in [0.5, 0.6) is 5.75 Å². The van der Waals surface area contributed by atoms with Crippen molar-refractivity contribution in [2.24, 2.45) is 17.8 Å². The van der Waals surface area contributed by atoms with Gasteiger partial charge in [0.15, 0.2) is 0 Å². The summed E-state index contributed by atoms with van der Waals surface area (Å²) in [5, 5.41) is 22.1. The summed E-state index contributed by atoms with van der Waals surface area (Å²) >= 11 is 0. The molecule has 3 amide bonds. The highest BCUT2D eigenvalue weighted by Gasteiger charge is 2.51. The van der Waals surface area contributed by atoms with Crippen LogP contribution in [0, 0.1) is 17.8 Å². The van der Waals surface area contributed by atoms with Gasteiger partial charge in [0.1, 0.15) is 18.1 Å². The van der Waals surface area contributed by atoms with E-state index in [1.165, 1.54) is 4.90 Å². The SMILES string of the molecule is CCOC(=O)O[C@]1(CC)C(=O)OCc2c1cc1n(c2=O)Cc2c-1nc1ccc(O)cc1c2CC.CCOCCOCCOCCOCCOCCOCCOCCn1cc(CNC(=O)C2CCC(CN3C(=O)CC(C)C3=O)CC2)nn1. The smallest absolute Gasteiger partial charge is 0.508 e. The molecule has 4 aliphatic rings. The molecule has 6 heterocycles. The first-order valence-corrected chi connectivity index (χ1v) is 28.3. The number of nitrogens with zero attached hydrogens (tertiary/aromatic N) is 6. The van der Waals surface area contributed by atoms with Crippen molar-refractivity contribution >= 4 is 40.7 Å². The number of carbonyl (C=O) groups excluding carboxylic acids is 5. The molecule has 3 aliphatic heterocycles. The van der Waals surface area contributed by atoms with E-state index in [1.54, 1.807) is 60.5 Å². The third kappa shape index (κ3) is 16.4. The number of nitrogens with one attached hydrogen (secondary N) is 1. The summed E-state index contributed by atoms with van der Waals surface area (Å²) in [5.41, 5.74) is 2.90. The van der Waals surface area contributed by atoms with Crippen molar-refractivity contribution in [1.82, 2.24) is 34.8 Å². The van der Waals surface area contributed by atoms with Crippen molar-refractivity contribution in [2.75, 3.05) is 106 Å². The van der Waals surface area contributed by atoms with Gasteiger partial charge in [0.05, 0.1) is 141 Å². The first-order chi connectivity index (χ1) is 39.3. The zero-order chi connectivity index (χ0) is 57.7. The van der Waals surface area contributed by atoms with Crippen LogP contribution in [0.2, 0.25) is 0 Å². The second-order valence-electron chi connectivity index (χ2n) is 20.1. The molecule has 4 aromatic rings. The molecule has 81 heavy (non-hydrogen) atoms. The lowest BCUT2D eigenvalue weighted by Crippen LogP contribution is -2.47. The molecule has 1 aliphatic carbocycles. The molecule has 2 atom stereocenters. The monoisotopic (exact) mass is 1130 g/mol. The van der Waals surface area contributed by atoms with Gasteiger partial charge in [-0.15, -0.1) is 5.10 Å². The molecule has 1 aromatic carbocycles. The highest BCUT2D eigenvalue weighted by atomic mass is 16.7. The number of likely N-dealkylation sites (tertiary alicyclic amines) is 1. The summed E-state index contributed by atoms with van der Waals surface area (Å²) in [6.45, 7) is 18.0. The van der Waals surface area contributed by atoms with Crippen LogP contribution in [0.25, 0.3) is 22.3 Å². The number of fused-ring (bicyclic) bond motifs is 5. The van der Waals surface area contributed by atoms with Crippen molar-refractivity contribution in [3.63, 3.8) is 0 Å². The average Bonchev–Trinajstić information content (AvgIpc) is 3.89. The van der Waals surface area contributed by atoms with E-state index < -0.39 is 17.7 Å². The molecule has 3 aromatic heterocycles. The van der Waals surface area contributed by atoms with Gasteiger partial charge in [-0.3, -0.25) is 24.1 Å². The summed E-state index contributed by atoms with van der Waals surface area (Å²) in [7, 11) is 0. The Kier molecular flexibility index (Phi) is 23.9. The molecule has 24 heteroatoms. The summed E-state index contributed by atoms with van der Waals surface area (Å²) in [4.78, 5) is 81.9. The van der Waals surface area contributed by atoms with Crippen molar-refractivity contribution in [2.45, 2.75) is 111 Å². The molecule has 0 spiro atoms. The number of aromatic hydroxyl groups is 1. The van der Waals surface area contributed by atoms with E-state index in [2.05, 4.69) is 15.6 Å². The van der Waals surface area contributed by atoms with E-state index in [0.29, 0.717) is 160 Å². The number of aryl methyl sites for hydroxylation is 1. The Bertz CT molecular complexity index is 2810. The van der Waals surface area contributed by atoms with Crippen molar-refractivity contribution in [3.8, 4) is 17.1 Å². The minimum atomic E-state index is -1.78. The molecular weight excluding hydrogens is 1050 g/mol. The fraction of sp³-hybridized carbons (Fsp3) is 0.632. The van der Waals surface area contributed by atoms with Crippen LogP contribution in [-0.2, 0) is 105 Å². The number of phenolic OH excluding ortho intramolecular Hbond substituents is 1. The Balaban J connectivity index is 0.000000245. The van der Waals surface area contributed by atoms with Gasteiger partial charge < -0.3 is 62.4 Å². The van der Waals surface area contributed by atoms with Crippen LogP contribution in [0.4, 0.5) is 4.79 Å².